The number of ether oxygens (including phenoxy) is 4. The van der Waals surface area contributed by atoms with Gasteiger partial charge in [0.1, 0.15) is 23.0 Å². The summed E-state index contributed by atoms with van der Waals surface area (Å²) in [6.07, 6.45) is 7.14. The van der Waals surface area contributed by atoms with Crippen molar-refractivity contribution < 1.29 is 38.1 Å². The molecule has 0 aliphatic carbocycles. The van der Waals surface area contributed by atoms with Gasteiger partial charge in [0.05, 0.1) is 0 Å². The molecule has 306 valence electrons. The Morgan fingerprint density at radius 1 is 0.283 bits per heavy atom. The Labute approximate surface area is 352 Å². The average Bonchev–Trinajstić information content (AvgIpc) is 3.27. The summed E-state index contributed by atoms with van der Waals surface area (Å²) < 4.78 is 22.4. The second kappa shape index (κ2) is 23.0. The number of carbonyl (C=O) groups excluding carboxylic acids is 4. The molecule has 0 aliphatic rings. The van der Waals surface area contributed by atoms with Gasteiger partial charge in [0, 0.05) is 36.8 Å². The molecule has 0 saturated carbocycles. The third kappa shape index (κ3) is 13.7. The molecule has 0 N–H and O–H groups in total. The number of para-hydroxylation sites is 2. The van der Waals surface area contributed by atoms with Crippen molar-refractivity contribution in [3.05, 3.63) is 158 Å². The van der Waals surface area contributed by atoms with E-state index in [1.54, 1.807) is 24.3 Å². The first-order valence-corrected chi connectivity index (χ1v) is 20.7. The molecule has 6 aromatic rings. The second-order valence-electron chi connectivity index (χ2n) is 14.5. The highest BCUT2D eigenvalue weighted by Gasteiger charge is 2.13. The van der Waals surface area contributed by atoms with Gasteiger partial charge in [-0.2, -0.15) is 0 Å². The van der Waals surface area contributed by atoms with Gasteiger partial charge in [-0.1, -0.05) is 147 Å². The highest BCUT2D eigenvalue weighted by molar-refractivity contribution is 5.79. The lowest BCUT2D eigenvalue weighted by Gasteiger charge is -2.10. The molecule has 0 bridgehead atoms. The Morgan fingerprint density at radius 2 is 0.583 bits per heavy atom. The number of rotatable bonds is 21. The molecule has 0 aromatic heterocycles. The molecule has 6 aromatic carbocycles. The molecule has 8 heteroatoms. The van der Waals surface area contributed by atoms with Crippen molar-refractivity contribution in [3.8, 4) is 56.4 Å². The first-order valence-electron chi connectivity index (χ1n) is 20.7. The Morgan fingerprint density at radius 3 is 0.933 bits per heavy atom. The summed E-state index contributed by atoms with van der Waals surface area (Å²) in [5.41, 5.74) is 5.61. The minimum Gasteiger partial charge on any atom is -0.427 e. The van der Waals surface area contributed by atoms with E-state index in [1.807, 2.05) is 133 Å². The van der Waals surface area contributed by atoms with Gasteiger partial charge in [-0.15, -0.1) is 0 Å². The van der Waals surface area contributed by atoms with Crippen LogP contribution in [-0.4, -0.2) is 23.9 Å². The smallest absolute Gasteiger partial charge is 0.311 e. The fraction of sp³-hybridized carbons (Fsp3) is 0.231. The molecule has 60 heavy (non-hydrogen) atoms. The molecular formula is C52H50O8. The van der Waals surface area contributed by atoms with E-state index in [1.165, 1.54) is 0 Å². The van der Waals surface area contributed by atoms with Gasteiger partial charge in [-0.3, -0.25) is 19.2 Å². The summed E-state index contributed by atoms with van der Waals surface area (Å²) in [7, 11) is 0. The van der Waals surface area contributed by atoms with Crippen molar-refractivity contribution in [1.29, 1.82) is 0 Å². The maximum Gasteiger partial charge on any atom is 0.311 e. The van der Waals surface area contributed by atoms with Crippen LogP contribution in [0.2, 0.25) is 0 Å². The van der Waals surface area contributed by atoms with E-state index in [-0.39, 0.29) is 23.9 Å². The summed E-state index contributed by atoms with van der Waals surface area (Å²) in [5.74, 6) is 0.912. The Bertz CT molecular complexity index is 2120. The molecule has 0 spiro atoms. The van der Waals surface area contributed by atoms with Gasteiger partial charge in [0.15, 0.2) is 0 Å². The van der Waals surface area contributed by atoms with Crippen LogP contribution in [0, 0.1) is 0 Å². The fourth-order valence-corrected chi connectivity index (χ4v) is 6.75. The zero-order valence-corrected chi connectivity index (χ0v) is 33.8. The zero-order chi connectivity index (χ0) is 41.8. The molecule has 6 rings (SSSR count). The van der Waals surface area contributed by atoms with Crippen LogP contribution in [0.3, 0.4) is 0 Å². The second-order valence-corrected chi connectivity index (χ2v) is 14.5. The average molecular weight is 803 g/mol. The highest BCUT2D eigenvalue weighted by Crippen LogP contribution is 2.31. The zero-order valence-electron chi connectivity index (χ0n) is 33.8. The number of unbranched alkanes of at least 4 members (excludes halogenated alkanes) is 6. The number of hydrogen-bond donors (Lipinski definition) is 0. The Balaban J connectivity index is 0.810. The lowest BCUT2D eigenvalue weighted by atomic mass is 10.0. The number of esters is 4. The van der Waals surface area contributed by atoms with Crippen LogP contribution < -0.4 is 18.9 Å². The van der Waals surface area contributed by atoms with E-state index in [4.69, 9.17) is 18.9 Å². The van der Waals surface area contributed by atoms with Crippen molar-refractivity contribution in [3.63, 3.8) is 0 Å². The molecule has 0 aliphatic heterocycles. The first-order chi connectivity index (χ1) is 29.4. The molecular weight excluding hydrogens is 753 g/mol. The third-order valence-corrected chi connectivity index (χ3v) is 9.92. The number of benzene rings is 6. The topological polar surface area (TPSA) is 105 Å². The van der Waals surface area contributed by atoms with Gasteiger partial charge in [0.25, 0.3) is 0 Å². The SMILES string of the molecule is O=C(CCCCCCC(=O)Oc1ccccc1-c1ccccc1)Oc1ccc(-c2ccc(OC(=O)CCCCCCC(=O)Oc3ccccc3-c3ccccc3)cc2)cc1. The van der Waals surface area contributed by atoms with Crippen LogP contribution in [0.5, 0.6) is 23.0 Å². The van der Waals surface area contributed by atoms with Gasteiger partial charge < -0.3 is 18.9 Å². The molecule has 0 heterocycles. The van der Waals surface area contributed by atoms with Crippen molar-refractivity contribution in [2.75, 3.05) is 0 Å². The lowest BCUT2D eigenvalue weighted by Crippen LogP contribution is -2.09. The van der Waals surface area contributed by atoms with Crippen LogP contribution >= 0.6 is 0 Å². The summed E-state index contributed by atoms with van der Waals surface area (Å²) in [4.78, 5) is 50.0. The molecule has 0 fully saturated rings. The van der Waals surface area contributed by atoms with Crippen LogP contribution in [-0.2, 0) is 19.2 Å². The summed E-state index contributed by atoms with van der Waals surface area (Å²) in [6.45, 7) is 0. The largest absolute Gasteiger partial charge is 0.427 e. The highest BCUT2D eigenvalue weighted by atomic mass is 16.5. The fourth-order valence-electron chi connectivity index (χ4n) is 6.75. The Kier molecular flexibility index (Phi) is 16.4. The van der Waals surface area contributed by atoms with Crippen LogP contribution in [0.15, 0.2) is 158 Å². The van der Waals surface area contributed by atoms with Gasteiger partial charge in [-0.05, 0) is 84.3 Å². The standard InChI is InChI=1S/C52H50O8/c53-49(27-11-1-3-13-29-51(55)59-47-25-17-15-23-45(47)41-19-7-5-8-20-41)57-43-35-31-39(32-36-43)40-33-37-44(38-34-40)58-50(54)28-12-2-4-14-30-52(56)60-48-26-18-16-24-46(48)42-21-9-6-10-22-42/h5-10,15-26,31-38H,1-4,11-14,27-30H2. The minimum absolute atomic E-state index is 0.268. The third-order valence-electron chi connectivity index (χ3n) is 9.92. The van der Waals surface area contributed by atoms with Crippen LogP contribution in [0.4, 0.5) is 0 Å². The van der Waals surface area contributed by atoms with E-state index >= 15 is 0 Å². The van der Waals surface area contributed by atoms with Crippen LogP contribution in [0.25, 0.3) is 33.4 Å². The molecule has 0 amide bonds. The lowest BCUT2D eigenvalue weighted by molar-refractivity contribution is -0.135. The summed E-state index contributed by atoms with van der Waals surface area (Å²) in [6, 6.07) is 49.3. The summed E-state index contributed by atoms with van der Waals surface area (Å²) in [5, 5.41) is 0. The maximum atomic E-state index is 12.5. The van der Waals surface area contributed by atoms with E-state index < -0.39 is 0 Å². The summed E-state index contributed by atoms with van der Waals surface area (Å²) >= 11 is 0. The van der Waals surface area contributed by atoms with Gasteiger partial charge >= 0.3 is 23.9 Å². The van der Waals surface area contributed by atoms with Crippen LogP contribution in [0.1, 0.15) is 77.0 Å². The number of hydrogen-bond acceptors (Lipinski definition) is 8. The van der Waals surface area contributed by atoms with Crippen molar-refractivity contribution in [2.45, 2.75) is 77.0 Å². The normalized spacial score (nSPS) is 10.7. The van der Waals surface area contributed by atoms with E-state index in [0.717, 1.165) is 59.1 Å². The van der Waals surface area contributed by atoms with E-state index in [0.29, 0.717) is 74.4 Å². The molecule has 0 saturated heterocycles. The number of carbonyl (C=O) groups is 4. The molecule has 0 unspecified atom stereocenters. The van der Waals surface area contributed by atoms with E-state index in [9.17, 15) is 19.2 Å². The predicted molar refractivity (Wildman–Crippen MR) is 234 cm³/mol. The molecule has 0 atom stereocenters. The van der Waals surface area contributed by atoms with Crippen molar-refractivity contribution in [2.24, 2.45) is 0 Å². The molecule has 8 nitrogen and oxygen atoms in total. The predicted octanol–water partition coefficient (Wildman–Crippen LogP) is 12.4. The van der Waals surface area contributed by atoms with Gasteiger partial charge in [0.2, 0.25) is 0 Å². The quantitative estimate of drug-likeness (QED) is 0.0402. The minimum atomic E-state index is -0.299. The van der Waals surface area contributed by atoms with Crippen molar-refractivity contribution >= 4 is 23.9 Å². The molecule has 0 radical (unpaired) electrons. The Hall–Kier alpha value is -6.80. The monoisotopic (exact) mass is 802 g/mol. The van der Waals surface area contributed by atoms with Gasteiger partial charge in [-0.25, -0.2) is 0 Å². The van der Waals surface area contributed by atoms with E-state index in [2.05, 4.69) is 0 Å². The first kappa shape index (κ1) is 42.8. The maximum absolute atomic E-state index is 12.5. The van der Waals surface area contributed by atoms with Crippen molar-refractivity contribution in [1.82, 2.24) is 0 Å².